The number of fused-ring (bicyclic) bond motifs is 5. The van der Waals surface area contributed by atoms with Gasteiger partial charge in [0.2, 0.25) is 0 Å². The number of aliphatic imine (C=N–C) groups is 1. The fourth-order valence-corrected chi connectivity index (χ4v) is 16.7. The van der Waals surface area contributed by atoms with Crippen LogP contribution in [0.1, 0.15) is 104 Å². The third-order valence-corrected chi connectivity index (χ3v) is 23.4. The average molecular weight is 1560 g/mol. The van der Waals surface area contributed by atoms with E-state index < -0.39 is 0 Å². The minimum atomic E-state index is 0. The second-order valence-electron chi connectivity index (χ2n) is 27.6. The number of thioether (sulfide) groups is 1. The largest absolute Gasteiger partial charge is 0.383 e. The van der Waals surface area contributed by atoms with E-state index >= 15 is 0 Å². The summed E-state index contributed by atoms with van der Waals surface area (Å²) in [4.78, 5) is 29.9. The smallest absolute Gasteiger partial charge is 0.187 e. The fraction of sp³-hybridized carbons (Fsp3) is 0.369. The van der Waals surface area contributed by atoms with Crippen LogP contribution < -0.4 is 11.5 Å². The lowest BCUT2D eigenvalue weighted by Gasteiger charge is -2.19. The van der Waals surface area contributed by atoms with E-state index in [9.17, 15) is 0 Å². The number of rotatable bonds is 15. The summed E-state index contributed by atoms with van der Waals surface area (Å²) >= 11 is 4.71. The van der Waals surface area contributed by atoms with Crippen molar-refractivity contribution in [3.05, 3.63) is 242 Å². The fourth-order valence-electron chi connectivity index (χ4n) is 14.8. The highest BCUT2D eigenvalue weighted by Crippen LogP contribution is 2.32. The van der Waals surface area contributed by atoms with Crippen LogP contribution in [-0.4, -0.2) is 139 Å². The van der Waals surface area contributed by atoms with E-state index in [4.69, 9.17) is 36.6 Å². The van der Waals surface area contributed by atoms with Crippen LogP contribution in [0.4, 0.5) is 17.1 Å². The lowest BCUT2D eigenvalue weighted by Crippen LogP contribution is -2.25. The Morgan fingerprint density at radius 2 is 0.990 bits per heavy atom. The Balaban J connectivity index is 0.000000137. The van der Waals surface area contributed by atoms with Crippen molar-refractivity contribution >= 4 is 141 Å². The van der Waals surface area contributed by atoms with E-state index in [1.165, 1.54) is 176 Å². The van der Waals surface area contributed by atoms with Gasteiger partial charge in [0.25, 0.3) is 0 Å². The molecule has 0 bridgehead atoms. The van der Waals surface area contributed by atoms with Crippen molar-refractivity contribution in [2.45, 2.75) is 134 Å². The SMILES string of the molecule is CN1CCCC1CCn1ccc2cc(CN)ccc21.CN1CCCC1CCn1ccc2cc(CN=C(N)c3cccs3)ccc21.CSC(=N)c1cccs1.I.[C-]#[N+]c1ccc2[nH]ccc2c1.[C-]#[N+]c1ccc2c(ccn2C2CCCN(C)CC2)c1.[C-]#[N+]c1ccc2c(ccn2CCC2CCCN2C)c1. The number of aromatic nitrogens is 5. The number of amidine groups is 1. The molecule has 0 aliphatic carbocycles. The number of likely N-dealkylation sites (tertiary alicyclic amines) is 4. The minimum Gasteiger partial charge on any atom is -0.383 e. The van der Waals surface area contributed by atoms with Gasteiger partial charge in [0.1, 0.15) is 10.9 Å². The molecule has 4 saturated heterocycles. The summed E-state index contributed by atoms with van der Waals surface area (Å²) in [6.07, 6.45) is 28.0. The van der Waals surface area contributed by atoms with Crippen molar-refractivity contribution in [1.29, 1.82) is 5.41 Å². The molecule has 4 atom stereocenters. The topological polar surface area (TPSA) is 150 Å². The Morgan fingerprint density at radius 3 is 1.49 bits per heavy atom. The second kappa shape index (κ2) is 39.2. The van der Waals surface area contributed by atoms with E-state index in [2.05, 4.69) is 188 Å². The van der Waals surface area contributed by atoms with Crippen LogP contribution in [0, 0.1) is 25.1 Å². The molecule has 4 unspecified atom stereocenters. The summed E-state index contributed by atoms with van der Waals surface area (Å²) in [6.45, 7) is 31.6. The maximum absolute atomic E-state index is 7.37. The van der Waals surface area contributed by atoms with Gasteiger partial charge < -0.3 is 54.3 Å². The van der Waals surface area contributed by atoms with Gasteiger partial charge in [-0.3, -0.25) is 10.4 Å². The number of halogens is 1. The van der Waals surface area contributed by atoms with E-state index in [1.54, 1.807) is 22.7 Å². The number of thiophene rings is 2. The van der Waals surface area contributed by atoms with Crippen molar-refractivity contribution in [2.75, 3.05) is 67.2 Å². The summed E-state index contributed by atoms with van der Waals surface area (Å²) < 4.78 is 9.48. The average Bonchev–Trinajstić information content (AvgIpc) is 1.72. The lowest BCUT2D eigenvalue weighted by molar-refractivity contribution is 0.287. The van der Waals surface area contributed by atoms with Crippen LogP contribution in [-0.2, 0) is 32.7 Å². The monoisotopic (exact) mass is 1560 g/mol. The summed E-state index contributed by atoms with van der Waals surface area (Å²) in [7, 11) is 8.94. The Kier molecular flexibility index (Phi) is 29.5. The van der Waals surface area contributed by atoms with Gasteiger partial charge in [-0.1, -0.05) is 42.5 Å². The van der Waals surface area contributed by atoms with Gasteiger partial charge in [0, 0.05) is 109 Å². The van der Waals surface area contributed by atoms with E-state index in [0.29, 0.717) is 35.7 Å². The van der Waals surface area contributed by atoms with E-state index in [0.717, 1.165) is 69.8 Å². The van der Waals surface area contributed by atoms with Crippen LogP contribution >= 0.6 is 58.4 Å². The normalized spacial score (nSPS) is 17.8. The second-order valence-corrected chi connectivity index (χ2v) is 30.3. The zero-order valence-electron chi connectivity index (χ0n) is 60.9. The lowest BCUT2D eigenvalue weighted by atomic mass is 10.1. The number of nitrogens with zero attached hydrogens (tertiary/aromatic N) is 12. The van der Waals surface area contributed by atoms with Crippen molar-refractivity contribution in [3.63, 3.8) is 0 Å². The molecule has 0 spiro atoms. The summed E-state index contributed by atoms with van der Waals surface area (Å²) in [5.41, 5.74) is 22.5. The number of nitrogens with two attached hydrogens (primary N) is 2. The molecule has 0 radical (unpaired) electrons. The minimum absolute atomic E-state index is 0. The van der Waals surface area contributed by atoms with Crippen LogP contribution in [0.2, 0.25) is 0 Å². The zero-order valence-corrected chi connectivity index (χ0v) is 65.7. The molecule has 11 heterocycles. The molecule has 4 aliphatic rings. The first-order chi connectivity index (χ1) is 50.3. The number of hydrogen-bond acceptors (Lipinski definition) is 10. The molecule has 4 aliphatic heterocycles. The maximum Gasteiger partial charge on any atom is 0.187 e. The highest BCUT2D eigenvalue weighted by molar-refractivity contribution is 14.0. The van der Waals surface area contributed by atoms with Crippen molar-refractivity contribution in [2.24, 2.45) is 16.5 Å². The molecule has 0 saturated carbocycles. The summed E-state index contributed by atoms with van der Waals surface area (Å²) in [6, 6.07) is 52.1. The molecule has 6 N–H and O–H groups in total. The molecule has 16 rings (SSSR count). The third kappa shape index (κ3) is 21.0. The van der Waals surface area contributed by atoms with Crippen molar-refractivity contribution in [1.82, 2.24) is 42.9 Å². The Morgan fingerprint density at radius 1 is 0.529 bits per heavy atom. The third-order valence-electron chi connectivity index (χ3n) is 20.9. The summed E-state index contributed by atoms with van der Waals surface area (Å²) in [5, 5.41) is 18.1. The molecule has 5 aromatic carbocycles. The quantitative estimate of drug-likeness (QED) is 0.0345. The van der Waals surface area contributed by atoms with Crippen LogP contribution in [0.25, 0.3) is 69.0 Å². The van der Waals surface area contributed by atoms with Gasteiger partial charge in [-0.05, 0) is 296 Å². The molecule has 20 heteroatoms. The van der Waals surface area contributed by atoms with Gasteiger partial charge in [0.05, 0.1) is 36.0 Å². The Labute approximate surface area is 644 Å². The van der Waals surface area contributed by atoms with Crippen LogP contribution in [0.5, 0.6) is 0 Å². The molecular formula is C84H101IN16S3. The van der Waals surface area contributed by atoms with Crippen LogP contribution in [0.15, 0.2) is 192 Å². The van der Waals surface area contributed by atoms with E-state index in [-0.39, 0.29) is 24.0 Å². The van der Waals surface area contributed by atoms with Gasteiger partial charge in [-0.15, -0.1) is 58.4 Å². The predicted octanol–water partition coefficient (Wildman–Crippen LogP) is 20.0. The molecular weight excluding hydrogens is 1460 g/mol. The Bertz CT molecular complexity index is 4840. The van der Waals surface area contributed by atoms with E-state index in [1.807, 2.05) is 96.0 Å². The number of aryl methyl sites for hydroxylation is 3. The van der Waals surface area contributed by atoms with Gasteiger partial charge in [-0.25, -0.2) is 14.5 Å². The Hall–Kier alpha value is -8.31. The molecule has 7 aromatic heterocycles. The number of H-pyrrole nitrogens is 1. The molecule has 104 heavy (non-hydrogen) atoms. The molecule has 12 aromatic rings. The number of hydrogen-bond donors (Lipinski definition) is 4. The summed E-state index contributed by atoms with van der Waals surface area (Å²) in [5.74, 6) is 0.623. The number of aromatic amines is 1. The molecule has 0 amide bonds. The van der Waals surface area contributed by atoms with Gasteiger partial charge in [-0.2, -0.15) is 0 Å². The first-order valence-electron chi connectivity index (χ1n) is 36.3. The highest BCUT2D eigenvalue weighted by Gasteiger charge is 2.24. The zero-order chi connectivity index (χ0) is 72.0. The van der Waals surface area contributed by atoms with Crippen molar-refractivity contribution < 1.29 is 0 Å². The van der Waals surface area contributed by atoms with Crippen molar-refractivity contribution in [3.8, 4) is 0 Å². The molecule has 16 nitrogen and oxygen atoms in total. The maximum atomic E-state index is 7.37. The van der Waals surface area contributed by atoms with Gasteiger partial charge >= 0.3 is 0 Å². The number of nitrogens with one attached hydrogen (secondary N) is 2. The first-order valence-corrected chi connectivity index (χ1v) is 39.3. The predicted molar refractivity (Wildman–Crippen MR) is 453 cm³/mol. The van der Waals surface area contributed by atoms with Crippen LogP contribution in [0.3, 0.4) is 0 Å². The molecule has 542 valence electrons. The molecule has 4 fully saturated rings. The first kappa shape index (κ1) is 78.3. The standard InChI is InChI=1S/C21H26N4S.2C16H19N3.C16H23N3.C9H6N2.C6H7NS2.HI/c1-24-10-2-4-18(24)9-12-25-11-8-17-14-16(6-7-19(17)25)15-23-21(22)20-5-3-13-26-20;1-17-14-5-6-16-13(12-14)7-11-19(16)15-4-3-9-18(2)10-8-15;1-17-14-5-6-16-13(12-14)7-10-19(16)11-8-15-4-3-9-18(15)2;1-18-8-2-3-15(18)7-10-19-9-6-14-11-13(12-17)4-5-16(14)19;1-10-8-2-3-9-7(6-8)4-5-11-9;1-8-6(7)5-3-2-4-9-5;/h3,5-8,11,13-14,18H,2,4,9-10,12,15H2,1H3,(H2,22,23);5-7,11-12,15H,3-4,8-10H2,2H3;5-7,10,12,15H,3-4,8-9,11H2,2H3;4-6,9,11,15H,2-3,7-8,10,12,17H2,1H3;2-6,11H;2-4,7H,1H3;1H. The number of benzene rings is 5. The van der Waals surface area contributed by atoms with Gasteiger partial charge in [0.15, 0.2) is 17.1 Å². The highest BCUT2D eigenvalue weighted by atomic mass is 127.